The van der Waals surface area contributed by atoms with E-state index in [1.54, 1.807) is 29.4 Å². The van der Waals surface area contributed by atoms with Crippen LogP contribution >= 0.6 is 0 Å². The molecule has 1 aromatic carbocycles. The van der Waals surface area contributed by atoms with Crippen LogP contribution in [0.4, 0.5) is 10.1 Å². The lowest BCUT2D eigenvalue weighted by atomic mass is 10.2. The van der Waals surface area contributed by atoms with Crippen molar-refractivity contribution in [3.63, 3.8) is 0 Å². The molecule has 0 bridgehead atoms. The molecule has 90 valence electrons. The van der Waals surface area contributed by atoms with Crippen molar-refractivity contribution >= 4 is 5.69 Å². The second kappa shape index (κ2) is 5.01. The first-order valence-corrected chi connectivity index (χ1v) is 5.43. The quantitative estimate of drug-likeness (QED) is 0.883. The number of hydrogen-bond donors (Lipinski definition) is 1. The van der Waals surface area contributed by atoms with Crippen molar-refractivity contribution < 1.29 is 8.81 Å². The summed E-state index contributed by atoms with van der Waals surface area (Å²) in [6, 6.07) is 8.49. The fourth-order valence-electron chi connectivity index (χ4n) is 1.75. The normalized spacial score (nSPS) is 10.5. The number of anilines is 1. The van der Waals surface area contributed by atoms with Crippen LogP contribution in [0.25, 0.3) is 0 Å². The van der Waals surface area contributed by atoms with Gasteiger partial charge in [0.25, 0.3) is 0 Å². The third kappa shape index (κ3) is 2.47. The Balaban J connectivity index is 2.17. The first-order valence-electron chi connectivity index (χ1n) is 5.43. The number of furan rings is 1. The summed E-state index contributed by atoms with van der Waals surface area (Å²) in [5.41, 5.74) is 7.09. The monoisotopic (exact) mass is 234 g/mol. The van der Waals surface area contributed by atoms with Crippen LogP contribution in [0.15, 0.2) is 41.0 Å². The number of nitrogens with two attached hydrogens (primary N) is 1. The standard InChI is InChI=1S/C13H15FN2O/c1-16(12-5-3-2-4-11(12)14)9-13-10(8-15)6-7-17-13/h2-7H,8-9,15H2,1H3. The zero-order valence-corrected chi connectivity index (χ0v) is 9.69. The Morgan fingerprint density at radius 1 is 1.29 bits per heavy atom. The van der Waals surface area contributed by atoms with E-state index in [0.29, 0.717) is 18.8 Å². The molecule has 0 amide bonds. The summed E-state index contributed by atoms with van der Waals surface area (Å²) in [5, 5.41) is 0. The number of benzene rings is 1. The number of para-hydroxylation sites is 1. The molecule has 0 aliphatic heterocycles. The summed E-state index contributed by atoms with van der Waals surface area (Å²) < 4.78 is 18.9. The highest BCUT2D eigenvalue weighted by Crippen LogP contribution is 2.20. The molecule has 0 fully saturated rings. The molecule has 4 heteroatoms. The molecule has 3 nitrogen and oxygen atoms in total. The van der Waals surface area contributed by atoms with E-state index in [4.69, 9.17) is 10.2 Å². The highest BCUT2D eigenvalue weighted by molar-refractivity contribution is 5.47. The van der Waals surface area contributed by atoms with E-state index in [0.717, 1.165) is 11.3 Å². The van der Waals surface area contributed by atoms with E-state index in [-0.39, 0.29) is 5.82 Å². The molecule has 0 saturated heterocycles. The zero-order valence-electron chi connectivity index (χ0n) is 9.69. The van der Waals surface area contributed by atoms with Gasteiger partial charge in [0.1, 0.15) is 11.6 Å². The van der Waals surface area contributed by atoms with Gasteiger partial charge >= 0.3 is 0 Å². The van der Waals surface area contributed by atoms with Crippen LogP contribution in [-0.4, -0.2) is 7.05 Å². The van der Waals surface area contributed by atoms with Crippen molar-refractivity contribution in [2.24, 2.45) is 5.73 Å². The van der Waals surface area contributed by atoms with E-state index in [2.05, 4.69) is 0 Å². The van der Waals surface area contributed by atoms with E-state index in [9.17, 15) is 4.39 Å². The minimum atomic E-state index is -0.240. The Morgan fingerprint density at radius 3 is 2.76 bits per heavy atom. The average Bonchev–Trinajstić information content (AvgIpc) is 2.76. The van der Waals surface area contributed by atoms with Gasteiger partial charge in [0, 0.05) is 19.2 Å². The van der Waals surface area contributed by atoms with Gasteiger partial charge < -0.3 is 15.1 Å². The van der Waals surface area contributed by atoms with Gasteiger partial charge in [-0.3, -0.25) is 0 Å². The lowest BCUT2D eigenvalue weighted by molar-refractivity contribution is 0.501. The van der Waals surface area contributed by atoms with Crippen molar-refractivity contribution in [1.29, 1.82) is 0 Å². The predicted molar refractivity (Wildman–Crippen MR) is 65.1 cm³/mol. The van der Waals surface area contributed by atoms with Crippen LogP contribution in [0, 0.1) is 5.82 Å². The zero-order chi connectivity index (χ0) is 12.3. The molecule has 0 saturated carbocycles. The number of nitrogens with zero attached hydrogens (tertiary/aromatic N) is 1. The molecule has 17 heavy (non-hydrogen) atoms. The van der Waals surface area contributed by atoms with E-state index >= 15 is 0 Å². The van der Waals surface area contributed by atoms with Crippen molar-refractivity contribution in [1.82, 2.24) is 0 Å². The molecule has 1 heterocycles. The number of hydrogen-bond acceptors (Lipinski definition) is 3. The third-order valence-electron chi connectivity index (χ3n) is 2.70. The van der Waals surface area contributed by atoms with Gasteiger partial charge in [0.15, 0.2) is 0 Å². The number of halogens is 1. The van der Waals surface area contributed by atoms with E-state index < -0.39 is 0 Å². The Morgan fingerprint density at radius 2 is 2.06 bits per heavy atom. The summed E-state index contributed by atoms with van der Waals surface area (Å²) in [6.07, 6.45) is 1.60. The molecule has 2 rings (SSSR count). The second-order valence-electron chi connectivity index (χ2n) is 3.88. The lowest BCUT2D eigenvalue weighted by Crippen LogP contribution is -2.18. The fraction of sp³-hybridized carbons (Fsp3) is 0.231. The molecule has 2 aromatic rings. The number of rotatable bonds is 4. The molecule has 2 N–H and O–H groups in total. The Kier molecular flexibility index (Phi) is 3.44. The van der Waals surface area contributed by atoms with Gasteiger partial charge in [0.2, 0.25) is 0 Å². The molecule has 0 aliphatic rings. The highest BCUT2D eigenvalue weighted by atomic mass is 19.1. The topological polar surface area (TPSA) is 42.4 Å². The van der Waals surface area contributed by atoms with Crippen molar-refractivity contribution in [3.05, 3.63) is 53.7 Å². The van der Waals surface area contributed by atoms with Crippen LogP contribution in [-0.2, 0) is 13.1 Å². The summed E-state index contributed by atoms with van der Waals surface area (Å²) in [5.74, 6) is 0.536. The summed E-state index contributed by atoms with van der Waals surface area (Å²) in [4.78, 5) is 1.80. The SMILES string of the molecule is CN(Cc1occc1CN)c1ccccc1F. The highest BCUT2D eigenvalue weighted by Gasteiger charge is 2.11. The van der Waals surface area contributed by atoms with E-state index in [1.807, 2.05) is 13.1 Å². The van der Waals surface area contributed by atoms with Crippen LogP contribution in [0.1, 0.15) is 11.3 Å². The van der Waals surface area contributed by atoms with Crippen molar-refractivity contribution in [2.45, 2.75) is 13.1 Å². The molecule has 1 aromatic heterocycles. The summed E-state index contributed by atoms with van der Waals surface area (Å²) in [7, 11) is 1.82. The smallest absolute Gasteiger partial charge is 0.146 e. The van der Waals surface area contributed by atoms with Gasteiger partial charge in [-0.2, -0.15) is 0 Å². The first-order chi connectivity index (χ1) is 8.22. The Labute approximate surface area is 99.6 Å². The third-order valence-corrected chi connectivity index (χ3v) is 2.70. The fourth-order valence-corrected chi connectivity index (χ4v) is 1.75. The van der Waals surface area contributed by atoms with Crippen LogP contribution in [0.5, 0.6) is 0 Å². The van der Waals surface area contributed by atoms with Crippen LogP contribution in [0.3, 0.4) is 0 Å². The Hall–Kier alpha value is -1.81. The van der Waals surface area contributed by atoms with Crippen molar-refractivity contribution in [2.75, 3.05) is 11.9 Å². The summed E-state index contributed by atoms with van der Waals surface area (Å²) in [6.45, 7) is 0.928. The first kappa shape index (κ1) is 11.7. The van der Waals surface area contributed by atoms with Gasteiger partial charge in [-0.25, -0.2) is 4.39 Å². The average molecular weight is 234 g/mol. The van der Waals surface area contributed by atoms with Crippen molar-refractivity contribution in [3.8, 4) is 0 Å². The predicted octanol–water partition coefficient (Wildman–Crippen LogP) is 2.51. The van der Waals surface area contributed by atoms with Gasteiger partial charge in [-0.05, 0) is 18.2 Å². The maximum Gasteiger partial charge on any atom is 0.146 e. The molecule has 0 spiro atoms. The molecular weight excluding hydrogens is 219 g/mol. The molecule has 0 atom stereocenters. The molecule has 0 radical (unpaired) electrons. The Bertz CT molecular complexity index is 496. The van der Waals surface area contributed by atoms with Crippen LogP contribution < -0.4 is 10.6 Å². The molecule has 0 aliphatic carbocycles. The maximum atomic E-state index is 13.6. The minimum Gasteiger partial charge on any atom is -0.467 e. The van der Waals surface area contributed by atoms with Gasteiger partial charge in [-0.1, -0.05) is 12.1 Å². The lowest BCUT2D eigenvalue weighted by Gasteiger charge is -2.19. The molecule has 0 unspecified atom stereocenters. The summed E-state index contributed by atoms with van der Waals surface area (Å²) >= 11 is 0. The maximum absolute atomic E-state index is 13.6. The largest absolute Gasteiger partial charge is 0.467 e. The van der Waals surface area contributed by atoms with Gasteiger partial charge in [0.05, 0.1) is 18.5 Å². The van der Waals surface area contributed by atoms with Crippen LogP contribution in [0.2, 0.25) is 0 Å². The second-order valence-corrected chi connectivity index (χ2v) is 3.88. The molecular formula is C13H15FN2O. The minimum absolute atomic E-state index is 0.240. The van der Waals surface area contributed by atoms with E-state index in [1.165, 1.54) is 6.07 Å². The van der Waals surface area contributed by atoms with Gasteiger partial charge in [-0.15, -0.1) is 0 Å².